The molecule has 0 aliphatic heterocycles. The van der Waals surface area contributed by atoms with Gasteiger partial charge in [-0.25, -0.2) is 0 Å². The van der Waals surface area contributed by atoms with Crippen LogP contribution in [-0.4, -0.2) is 25.7 Å². The zero-order valence-corrected chi connectivity index (χ0v) is 12.9. The van der Waals surface area contributed by atoms with E-state index in [4.69, 9.17) is 10.5 Å². The third kappa shape index (κ3) is 5.21. The Kier molecular flexibility index (Phi) is 5.39. The van der Waals surface area contributed by atoms with Gasteiger partial charge in [-0.2, -0.15) is 0 Å². The van der Waals surface area contributed by atoms with E-state index >= 15 is 0 Å². The molecular formula is C16H28N2O. The van der Waals surface area contributed by atoms with Gasteiger partial charge in [0.2, 0.25) is 0 Å². The van der Waals surface area contributed by atoms with Gasteiger partial charge in [0.1, 0.15) is 5.75 Å². The minimum atomic E-state index is -0.110. The molecule has 0 saturated carbocycles. The largest absolute Gasteiger partial charge is 0.496 e. The third-order valence-electron chi connectivity index (χ3n) is 3.35. The second-order valence-corrected chi connectivity index (χ2v) is 6.50. The highest BCUT2D eigenvalue weighted by Crippen LogP contribution is 2.30. The van der Waals surface area contributed by atoms with Gasteiger partial charge in [0, 0.05) is 23.1 Å². The molecule has 0 aliphatic rings. The Hall–Kier alpha value is -1.06. The first-order valence-corrected chi connectivity index (χ1v) is 6.89. The van der Waals surface area contributed by atoms with E-state index in [2.05, 4.69) is 45.1 Å². The predicted octanol–water partition coefficient (Wildman–Crippen LogP) is 2.69. The molecule has 3 N–H and O–H groups in total. The van der Waals surface area contributed by atoms with Gasteiger partial charge in [0.05, 0.1) is 7.11 Å². The number of para-hydroxylation sites is 1. The lowest BCUT2D eigenvalue weighted by Gasteiger charge is -2.28. The smallest absolute Gasteiger partial charge is 0.122 e. The van der Waals surface area contributed by atoms with Crippen molar-refractivity contribution in [3.8, 4) is 5.75 Å². The van der Waals surface area contributed by atoms with Gasteiger partial charge >= 0.3 is 0 Å². The monoisotopic (exact) mass is 264 g/mol. The van der Waals surface area contributed by atoms with Crippen LogP contribution in [0.3, 0.4) is 0 Å². The van der Waals surface area contributed by atoms with Crippen molar-refractivity contribution >= 4 is 0 Å². The molecule has 1 aromatic carbocycles. The Balaban J connectivity index is 2.60. The van der Waals surface area contributed by atoms with Crippen LogP contribution in [0.4, 0.5) is 0 Å². The molecule has 0 heterocycles. The van der Waals surface area contributed by atoms with Crippen molar-refractivity contribution in [1.82, 2.24) is 5.32 Å². The zero-order chi connectivity index (χ0) is 14.5. The van der Waals surface area contributed by atoms with Crippen LogP contribution in [-0.2, 0) is 5.41 Å². The topological polar surface area (TPSA) is 47.3 Å². The highest BCUT2D eigenvalue weighted by atomic mass is 16.5. The number of ether oxygens (including phenoxy) is 1. The summed E-state index contributed by atoms with van der Waals surface area (Å²) in [7, 11) is 1.72. The average molecular weight is 264 g/mol. The molecule has 0 aliphatic carbocycles. The van der Waals surface area contributed by atoms with E-state index in [0.29, 0.717) is 0 Å². The summed E-state index contributed by atoms with van der Waals surface area (Å²) >= 11 is 0. The maximum Gasteiger partial charge on any atom is 0.122 e. The molecule has 19 heavy (non-hydrogen) atoms. The van der Waals surface area contributed by atoms with Gasteiger partial charge in [-0.05, 0) is 32.9 Å². The highest BCUT2D eigenvalue weighted by Gasteiger charge is 2.23. The summed E-state index contributed by atoms with van der Waals surface area (Å²) in [5, 5.41) is 3.50. The van der Waals surface area contributed by atoms with Gasteiger partial charge < -0.3 is 15.8 Å². The van der Waals surface area contributed by atoms with Crippen LogP contribution >= 0.6 is 0 Å². The van der Waals surface area contributed by atoms with Crippen LogP contribution in [0.1, 0.15) is 39.7 Å². The van der Waals surface area contributed by atoms with Gasteiger partial charge in [-0.15, -0.1) is 0 Å². The molecule has 1 aromatic rings. The van der Waals surface area contributed by atoms with Crippen molar-refractivity contribution in [2.75, 3.05) is 20.2 Å². The minimum Gasteiger partial charge on any atom is -0.496 e. The Morgan fingerprint density at radius 3 is 2.37 bits per heavy atom. The lowest BCUT2D eigenvalue weighted by molar-refractivity contribution is 0.379. The molecule has 3 heteroatoms. The summed E-state index contributed by atoms with van der Waals surface area (Å²) in [6.45, 7) is 10.4. The van der Waals surface area contributed by atoms with Crippen molar-refractivity contribution < 1.29 is 4.74 Å². The van der Waals surface area contributed by atoms with Crippen LogP contribution in [0.2, 0.25) is 0 Å². The number of hydrogen-bond donors (Lipinski definition) is 2. The van der Waals surface area contributed by atoms with Crippen molar-refractivity contribution in [2.45, 2.75) is 45.1 Å². The molecule has 0 bridgehead atoms. The quantitative estimate of drug-likeness (QED) is 0.744. The molecule has 0 spiro atoms. The maximum atomic E-state index is 5.98. The molecule has 0 atom stereocenters. The van der Waals surface area contributed by atoms with E-state index in [-0.39, 0.29) is 11.0 Å². The summed E-state index contributed by atoms with van der Waals surface area (Å²) in [6.07, 6.45) is 0.967. The number of nitrogens with one attached hydrogen (secondary N) is 1. The van der Waals surface area contributed by atoms with Crippen LogP contribution in [0.25, 0.3) is 0 Å². The maximum absolute atomic E-state index is 5.98. The van der Waals surface area contributed by atoms with E-state index in [1.807, 2.05) is 12.1 Å². The Morgan fingerprint density at radius 2 is 1.79 bits per heavy atom. The van der Waals surface area contributed by atoms with Crippen molar-refractivity contribution in [2.24, 2.45) is 5.73 Å². The van der Waals surface area contributed by atoms with Gasteiger partial charge in [0.25, 0.3) is 0 Å². The van der Waals surface area contributed by atoms with Gasteiger partial charge in [-0.1, -0.05) is 32.0 Å². The summed E-state index contributed by atoms with van der Waals surface area (Å²) < 4.78 is 5.44. The first kappa shape index (κ1) is 16.0. The summed E-state index contributed by atoms with van der Waals surface area (Å²) in [6, 6.07) is 8.21. The number of methoxy groups -OCH3 is 1. The van der Waals surface area contributed by atoms with Crippen LogP contribution < -0.4 is 15.8 Å². The van der Waals surface area contributed by atoms with Crippen LogP contribution in [0, 0.1) is 0 Å². The van der Waals surface area contributed by atoms with Crippen molar-refractivity contribution in [1.29, 1.82) is 0 Å². The first-order valence-electron chi connectivity index (χ1n) is 6.89. The summed E-state index contributed by atoms with van der Waals surface area (Å²) in [5.41, 5.74) is 7.14. The fourth-order valence-corrected chi connectivity index (χ4v) is 2.11. The molecule has 0 radical (unpaired) electrons. The van der Waals surface area contributed by atoms with Gasteiger partial charge in [0.15, 0.2) is 0 Å². The fourth-order valence-electron chi connectivity index (χ4n) is 2.11. The van der Waals surface area contributed by atoms with E-state index in [9.17, 15) is 0 Å². The standard InChI is InChI=1S/C16H28N2O/c1-15(2,12-18-11-10-16(3,4)17)13-8-6-7-9-14(13)19-5/h6-9,18H,10-12,17H2,1-5H3. The molecule has 0 amide bonds. The first-order chi connectivity index (χ1) is 8.76. The Labute approximate surface area is 117 Å². The second kappa shape index (κ2) is 6.40. The molecular weight excluding hydrogens is 236 g/mol. The molecule has 0 unspecified atom stereocenters. The number of rotatable bonds is 7. The van der Waals surface area contributed by atoms with Crippen LogP contribution in [0.5, 0.6) is 5.75 Å². The molecule has 0 fully saturated rings. The fraction of sp³-hybridized carbons (Fsp3) is 0.625. The molecule has 1 rings (SSSR count). The van der Waals surface area contributed by atoms with Crippen molar-refractivity contribution in [3.05, 3.63) is 29.8 Å². The van der Waals surface area contributed by atoms with Crippen molar-refractivity contribution in [3.63, 3.8) is 0 Å². The van der Waals surface area contributed by atoms with Crippen LogP contribution in [0.15, 0.2) is 24.3 Å². The number of benzene rings is 1. The molecule has 3 nitrogen and oxygen atoms in total. The number of hydrogen-bond acceptors (Lipinski definition) is 3. The highest BCUT2D eigenvalue weighted by molar-refractivity contribution is 5.39. The average Bonchev–Trinajstić information content (AvgIpc) is 2.33. The summed E-state index contributed by atoms with van der Waals surface area (Å²) in [4.78, 5) is 0. The minimum absolute atomic E-state index is 0.0331. The lowest BCUT2D eigenvalue weighted by atomic mass is 9.84. The zero-order valence-electron chi connectivity index (χ0n) is 12.9. The SMILES string of the molecule is COc1ccccc1C(C)(C)CNCCC(C)(C)N. The molecule has 0 saturated heterocycles. The lowest BCUT2D eigenvalue weighted by Crippen LogP contribution is -2.39. The molecule has 108 valence electrons. The predicted molar refractivity (Wildman–Crippen MR) is 81.8 cm³/mol. The van der Waals surface area contributed by atoms with E-state index < -0.39 is 0 Å². The Morgan fingerprint density at radius 1 is 1.16 bits per heavy atom. The Bertz CT molecular complexity index is 394. The molecule has 0 aromatic heterocycles. The normalized spacial score (nSPS) is 12.5. The number of nitrogens with two attached hydrogens (primary N) is 1. The second-order valence-electron chi connectivity index (χ2n) is 6.50. The summed E-state index contributed by atoms with van der Waals surface area (Å²) in [5.74, 6) is 0.952. The van der Waals surface area contributed by atoms with E-state index in [0.717, 1.165) is 25.3 Å². The van der Waals surface area contributed by atoms with Gasteiger partial charge in [-0.3, -0.25) is 0 Å². The van der Waals surface area contributed by atoms with E-state index in [1.54, 1.807) is 7.11 Å². The van der Waals surface area contributed by atoms with E-state index in [1.165, 1.54) is 5.56 Å². The third-order valence-corrected chi connectivity index (χ3v) is 3.35.